The number of nitrogens with zero attached hydrogens (tertiary/aromatic N) is 2. The van der Waals surface area contributed by atoms with Gasteiger partial charge < -0.3 is 14.8 Å². The summed E-state index contributed by atoms with van der Waals surface area (Å²) in [7, 11) is 0. The predicted octanol–water partition coefficient (Wildman–Crippen LogP) is 3.66. The van der Waals surface area contributed by atoms with E-state index in [1.165, 1.54) is 17.3 Å². The second-order valence-corrected chi connectivity index (χ2v) is 8.01. The molecule has 3 aliphatic rings. The average Bonchev–Trinajstić information content (AvgIpc) is 3.48. The molecule has 1 atom stereocenters. The van der Waals surface area contributed by atoms with Crippen LogP contribution < -0.4 is 15.0 Å². The molecular formula is C22H23N3O4. The highest BCUT2D eigenvalue weighted by Gasteiger charge is 2.49. The first-order valence-electron chi connectivity index (χ1n) is 10.1. The number of carbonyl (C=O) groups excluding carboxylic acids is 2. The molecule has 1 saturated heterocycles. The Kier molecular flexibility index (Phi) is 4.28. The molecule has 0 radical (unpaired) electrons. The molecule has 5 rings (SSSR count). The summed E-state index contributed by atoms with van der Waals surface area (Å²) in [6.45, 7) is 3.28. The third-order valence-electron chi connectivity index (χ3n) is 6.02. The Morgan fingerprint density at radius 2 is 2.14 bits per heavy atom. The zero-order valence-electron chi connectivity index (χ0n) is 16.3. The van der Waals surface area contributed by atoms with Crippen LogP contribution >= 0.6 is 0 Å². The molecule has 1 N–H and O–H groups in total. The van der Waals surface area contributed by atoms with E-state index < -0.39 is 6.03 Å². The molecule has 2 aliphatic heterocycles. The number of nitrogens with one attached hydrogen (secondary N) is 1. The number of fused-ring (bicyclic) bond motifs is 2. The van der Waals surface area contributed by atoms with E-state index >= 15 is 0 Å². The van der Waals surface area contributed by atoms with Crippen LogP contribution in [-0.2, 0) is 21.6 Å². The minimum atomic E-state index is -0.406. The highest BCUT2D eigenvalue weighted by atomic mass is 16.5. The number of anilines is 1. The van der Waals surface area contributed by atoms with E-state index in [9.17, 15) is 9.59 Å². The van der Waals surface area contributed by atoms with E-state index in [4.69, 9.17) is 9.47 Å². The highest BCUT2D eigenvalue weighted by Crippen LogP contribution is 2.55. The summed E-state index contributed by atoms with van der Waals surface area (Å²) in [5.74, 6) is 1.02. The van der Waals surface area contributed by atoms with Crippen molar-refractivity contribution in [1.29, 1.82) is 0 Å². The summed E-state index contributed by atoms with van der Waals surface area (Å²) < 4.78 is 11.9. The van der Waals surface area contributed by atoms with Gasteiger partial charge in [-0.25, -0.2) is 14.7 Å². The lowest BCUT2D eigenvalue weighted by atomic mass is 9.89. The Balaban J connectivity index is 1.38. The van der Waals surface area contributed by atoms with Crippen molar-refractivity contribution >= 4 is 17.6 Å². The van der Waals surface area contributed by atoms with Crippen LogP contribution in [0.25, 0.3) is 0 Å². The van der Waals surface area contributed by atoms with E-state index in [0.717, 1.165) is 36.5 Å². The number of pyridine rings is 1. The maximum Gasteiger partial charge on any atom is 0.329 e. The van der Waals surface area contributed by atoms with Gasteiger partial charge in [-0.2, -0.15) is 0 Å². The molecule has 1 unspecified atom stereocenters. The van der Waals surface area contributed by atoms with Crippen molar-refractivity contribution in [3.8, 4) is 11.6 Å². The van der Waals surface area contributed by atoms with Gasteiger partial charge in [0.15, 0.2) is 0 Å². The van der Waals surface area contributed by atoms with Gasteiger partial charge >= 0.3 is 6.03 Å². The minimum Gasteiger partial charge on any atom is -0.439 e. The van der Waals surface area contributed by atoms with Crippen molar-refractivity contribution in [2.24, 2.45) is 0 Å². The summed E-state index contributed by atoms with van der Waals surface area (Å²) >= 11 is 0. The number of ether oxygens (including phenoxy) is 2. The fourth-order valence-electron chi connectivity index (χ4n) is 4.25. The molecule has 3 amide bonds. The van der Waals surface area contributed by atoms with Crippen molar-refractivity contribution < 1.29 is 19.1 Å². The lowest BCUT2D eigenvalue weighted by Gasteiger charge is -2.30. The van der Waals surface area contributed by atoms with E-state index in [1.54, 1.807) is 12.1 Å². The first-order valence-corrected chi connectivity index (χ1v) is 10.1. The monoisotopic (exact) mass is 393 g/mol. The number of amides is 3. The maximum absolute atomic E-state index is 12.4. The number of imide groups is 1. The number of hydrogen-bond donors (Lipinski definition) is 1. The van der Waals surface area contributed by atoms with Crippen molar-refractivity contribution in [1.82, 2.24) is 10.3 Å². The topological polar surface area (TPSA) is 80.8 Å². The van der Waals surface area contributed by atoms with Gasteiger partial charge in [0.2, 0.25) is 11.8 Å². The predicted molar refractivity (Wildman–Crippen MR) is 106 cm³/mol. The lowest BCUT2D eigenvalue weighted by molar-refractivity contribution is -0.119. The van der Waals surface area contributed by atoms with Gasteiger partial charge in [0.05, 0.1) is 25.1 Å². The Bertz CT molecular complexity index is 951. The van der Waals surface area contributed by atoms with Crippen molar-refractivity contribution in [2.75, 3.05) is 11.5 Å². The van der Waals surface area contributed by atoms with Crippen LogP contribution in [0.1, 0.15) is 43.7 Å². The van der Waals surface area contributed by atoms with E-state index in [-0.39, 0.29) is 17.4 Å². The normalized spacial score (nSPS) is 22.2. The average molecular weight is 393 g/mol. The molecular weight excluding hydrogens is 370 g/mol. The number of hydrogen-bond acceptors (Lipinski definition) is 5. The number of urea groups is 1. The Labute approximate surface area is 169 Å². The van der Waals surface area contributed by atoms with Crippen LogP contribution in [0.3, 0.4) is 0 Å². The fourth-order valence-corrected chi connectivity index (χ4v) is 4.25. The number of aromatic nitrogens is 1. The molecule has 1 aliphatic carbocycles. The van der Waals surface area contributed by atoms with Gasteiger partial charge in [0.25, 0.3) is 0 Å². The number of carbonyl (C=O) groups is 2. The SMILES string of the molecule is CCC1CC(=O)N(c2ccc(Oc3cccc4c3C3(CC3)COC4)nc2)C(=O)N1. The Hall–Kier alpha value is -2.93. The van der Waals surface area contributed by atoms with Crippen LogP contribution in [0, 0.1) is 0 Å². The van der Waals surface area contributed by atoms with Crippen LogP contribution in [0.2, 0.25) is 0 Å². The summed E-state index contributed by atoms with van der Waals surface area (Å²) in [5.41, 5.74) is 2.92. The van der Waals surface area contributed by atoms with Gasteiger partial charge in [0.1, 0.15) is 5.75 Å². The van der Waals surface area contributed by atoms with Crippen LogP contribution in [0.4, 0.5) is 10.5 Å². The van der Waals surface area contributed by atoms with Crippen LogP contribution in [0.15, 0.2) is 36.5 Å². The van der Waals surface area contributed by atoms with Gasteiger partial charge in [-0.1, -0.05) is 19.1 Å². The van der Waals surface area contributed by atoms with Crippen LogP contribution in [0.5, 0.6) is 11.6 Å². The molecule has 1 aromatic carbocycles. The molecule has 2 fully saturated rings. The molecule has 1 spiro atoms. The summed E-state index contributed by atoms with van der Waals surface area (Å²) in [4.78, 5) is 30.2. The van der Waals surface area contributed by atoms with Gasteiger partial charge in [-0.05, 0) is 37.0 Å². The number of rotatable bonds is 4. The largest absolute Gasteiger partial charge is 0.439 e. The standard InChI is InChI=1S/C22H23N3O4/c1-2-15-10-19(26)25(21(27)24-15)16-6-7-18(23-11-16)29-17-5-3-4-14-12-28-13-22(8-9-22)20(14)17/h3-7,11,15H,2,8-10,12-13H2,1H3,(H,24,27). The van der Waals surface area contributed by atoms with E-state index in [1.807, 2.05) is 19.1 Å². The fraction of sp³-hybridized carbons (Fsp3) is 0.409. The molecule has 0 bridgehead atoms. The molecule has 7 nitrogen and oxygen atoms in total. The van der Waals surface area contributed by atoms with Gasteiger partial charge in [-0.15, -0.1) is 0 Å². The Morgan fingerprint density at radius 1 is 1.28 bits per heavy atom. The van der Waals surface area contributed by atoms with Crippen molar-refractivity contribution in [3.63, 3.8) is 0 Å². The van der Waals surface area contributed by atoms with Crippen molar-refractivity contribution in [2.45, 2.75) is 50.7 Å². The van der Waals surface area contributed by atoms with Gasteiger partial charge in [-0.3, -0.25) is 4.79 Å². The van der Waals surface area contributed by atoms with Crippen molar-refractivity contribution in [3.05, 3.63) is 47.7 Å². The zero-order valence-corrected chi connectivity index (χ0v) is 16.3. The molecule has 1 aromatic heterocycles. The second kappa shape index (κ2) is 6.84. The molecule has 2 aromatic rings. The molecule has 7 heteroatoms. The summed E-state index contributed by atoms with van der Waals surface area (Å²) in [6, 6.07) is 8.89. The van der Waals surface area contributed by atoms with E-state index in [0.29, 0.717) is 24.6 Å². The molecule has 3 heterocycles. The second-order valence-electron chi connectivity index (χ2n) is 8.01. The number of benzene rings is 1. The first-order chi connectivity index (χ1) is 14.1. The lowest BCUT2D eigenvalue weighted by Crippen LogP contribution is -2.54. The molecule has 150 valence electrons. The minimum absolute atomic E-state index is 0.0816. The first kappa shape index (κ1) is 18.1. The van der Waals surface area contributed by atoms with Gasteiger partial charge in [0, 0.05) is 29.5 Å². The third-order valence-corrected chi connectivity index (χ3v) is 6.02. The van der Waals surface area contributed by atoms with Crippen LogP contribution in [-0.4, -0.2) is 29.6 Å². The zero-order chi connectivity index (χ0) is 20.0. The third kappa shape index (κ3) is 3.15. The quantitative estimate of drug-likeness (QED) is 0.857. The summed E-state index contributed by atoms with van der Waals surface area (Å²) in [5, 5.41) is 2.84. The maximum atomic E-state index is 12.4. The summed E-state index contributed by atoms with van der Waals surface area (Å²) in [6.07, 6.45) is 4.74. The highest BCUT2D eigenvalue weighted by molar-refractivity contribution is 6.16. The van der Waals surface area contributed by atoms with E-state index in [2.05, 4.69) is 16.4 Å². The smallest absolute Gasteiger partial charge is 0.329 e. The molecule has 29 heavy (non-hydrogen) atoms. The Morgan fingerprint density at radius 3 is 2.83 bits per heavy atom. The molecule has 1 saturated carbocycles.